The van der Waals surface area contributed by atoms with Crippen LogP contribution in [0.1, 0.15) is 12.5 Å². The van der Waals surface area contributed by atoms with Crippen LogP contribution >= 0.6 is 12.2 Å². The third-order valence-electron chi connectivity index (χ3n) is 2.39. The Labute approximate surface area is 111 Å². The lowest BCUT2D eigenvalue weighted by atomic mass is 10.2. The van der Waals surface area contributed by atoms with Gasteiger partial charge < -0.3 is 20.9 Å². The van der Waals surface area contributed by atoms with Crippen molar-refractivity contribution in [2.75, 3.05) is 13.7 Å². The lowest BCUT2D eigenvalue weighted by Gasteiger charge is -2.12. The maximum atomic E-state index is 10.9. The molecule has 1 aromatic rings. The van der Waals surface area contributed by atoms with E-state index in [1.54, 1.807) is 25.1 Å². The van der Waals surface area contributed by atoms with E-state index in [1.807, 2.05) is 0 Å². The van der Waals surface area contributed by atoms with Gasteiger partial charge in [0.15, 0.2) is 0 Å². The zero-order valence-corrected chi connectivity index (χ0v) is 11.1. The van der Waals surface area contributed by atoms with Gasteiger partial charge in [0.05, 0.1) is 19.6 Å². The Morgan fingerprint density at radius 1 is 1.33 bits per heavy atom. The van der Waals surface area contributed by atoms with Crippen molar-refractivity contribution in [3.8, 4) is 11.5 Å². The SMILES string of the molecule is COc1cc(OCC(C)C(N)=O)cc(C(N)=S)c1. The van der Waals surface area contributed by atoms with Gasteiger partial charge in [0.25, 0.3) is 0 Å². The largest absolute Gasteiger partial charge is 0.497 e. The van der Waals surface area contributed by atoms with Gasteiger partial charge in [0.2, 0.25) is 5.91 Å². The smallest absolute Gasteiger partial charge is 0.223 e. The van der Waals surface area contributed by atoms with Crippen LogP contribution in [0.15, 0.2) is 18.2 Å². The Kier molecular flexibility index (Phi) is 4.91. The van der Waals surface area contributed by atoms with Crippen LogP contribution in [0.5, 0.6) is 11.5 Å². The molecule has 0 saturated carbocycles. The summed E-state index contributed by atoms with van der Waals surface area (Å²) in [6.45, 7) is 1.89. The molecule has 4 N–H and O–H groups in total. The summed E-state index contributed by atoms with van der Waals surface area (Å²) in [5.41, 5.74) is 11.4. The highest BCUT2D eigenvalue weighted by Crippen LogP contribution is 2.23. The first kappa shape index (κ1) is 14.2. The van der Waals surface area contributed by atoms with Crippen molar-refractivity contribution < 1.29 is 14.3 Å². The molecule has 0 aliphatic heterocycles. The number of amides is 1. The number of ether oxygens (including phenoxy) is 2. The average Bonchev–Trinajstić information content (AvgIpc) is 2.35. The highest BCUT2D eigenvalue weighted by atomic mass is 32.1. The topological polar surface area (TPSA) is 87.6 Å². The van der Waals surface area contributed by atoms with Gasteiger partial charge in [-0.05, 0) is 12.1 Å². The number of primary amides is 1. The molecule has 0 aliphatic rings. The quantitative estimate of drug-likeness (QED) is 0.746. The van der Waals surface area contributed by atoms with Crippen LogP contribution < -0.4 is 20.9 Å². The minimum atomic E-state index is -0.410. The zero-order valence-electron chi connectivity index (χ0n) is 10.3. The van der Waals surface area contributed by atoms with Crippen LogP contribution in [0.4, 0.5) is 0 Å². The van der Waals surface area contributed by atoms with Gasteiger partial charge in [-0.2, -0.15) is 0 Å². The second-order valence-electron chi connectivity index (χ2n) is 3.88. The van der Waals surface area contributed by atoms with Gasteiger partial charge in [0, 0.05) is 11.6 Å². The highest BCUT2D eigenvalue weighted by molar-refractivity contribution is 7.80. The standard InChI is InChI=1S/C12H16N2O3S/c1-7(11(13)15)6-17-10-4-8(12(14)18)3-9(5-10)16-2/h3-5,7H,6H2,1-2H3,(H2,13,15)(H2,14,18). The molecule has 1 unspecified atom stereocenters. The minimum absolute atomic E-state index is 0.194. The van der Waals surface area contributed by atoms with Gasteiger partial charge >= 0.3 is 0 Å². The summed E-state index contributed by atoms with van der Waals surface area (Å²) in [5, 5.41) is 0. The number of hydrogen-bond donors (Lipinski definition) is 2. The Bertz CT molecular complexity index is 463. The molecule has 0 fully saturated rings. The van der Waals surface area contributed by atoms with Crippen LogP contribution in [0.2, 0.25) is 0 Å². The van der Waals surface area contributed by atoms with E-state index < -0.39 is 5.91 Å². The number of methoxy groups -OCH3 is 1. The van der Waals surface area contributed by atoms with Crippen LogP contribution in [-0.4, -0.2) is 24.6 Å². The second-order valence-corrected chi connectivity index (χ2v) is 4.32. The summed E-state index contributed by atoms with van der Waals surface area (Å²) in [6, 6.07) is 5.10. The molecule has 0 saturated heterocycles. The van der Waals surface area contributed by atoms with Crippen molar-refractivity contribution in [1.29, 1.82) is 0 Å². The Morgan fingerprint density at radius 2 is 1.94 bits per heavy atom. The Morgan fingerprint density at radius 3 is 2.44 bits per heavy atom. The Balaban J connectivity index is 2.85. The number of hydrogen-bond acceptors (Lipinski definition) is 4. The lowest BCUT2D eigenvalue weighted by Crippen LogP contribution is -2.25. The first-order valence-electron chi connectivity index (χ1n) is 5.35. The van der Waals surface area contributed by atoms with E-state index in [9.17, 15) is 4.79 Å². The zero-order chi connectivity index (χ0) is 13.7. The number of rotatable bonds is 6. The van der Waals surface area contributed by atoms with Crippen molar-refractivity contribution in [2.24, 2.45) is 17.4 Å². The number of thiocarbonyl (C=S) groups is 1. The summed E-state index contributed by atoms with van der Waals surface area (Å²) in [5.74, 6) is 0.337. The van der Waals surface area contributed by atoms with Crippen molar-refractivity contribution in [2.45, 2.75) is 6.92 Å². The molecule has 0 radical (unpaired) electrons. The van der Waals surface area contributed by atoms with Crippen LogP contribution in [0.25, 0.3) is 0 Å². The second kappa shape index (κ2) is 6.20. The molecule has 1 aromatic carbocycles. The number of nitrogens with two attached hydrogens (primary N) is 2. The van der Waals surface area contributed by atoms with Crippen molar-refractivity contribution in [1.82, 2.24) is 0 Å². The summed E-state index contributed by atoms with van der Waals surface area (Å²) in [7, 11) is 1.54. The van der Waals surface area contributed by atoms with E-state index in [1.165, 1.54) is 7.11 Å². The van der Waals surface area contributed by atoms with Crippen molar-refractivity contribution in [3.63, 3.8) is 0 Å². The molecule has 0 aromatic heterocycles. The fraction of sp³-hybridized carbons (Fsp3) is 0.333. The molecule has 18 heavy (non-hydrogen) atoms. The lowest BCUT2D eigenvalue weighted by molar-refractivity contribution is -0.122. The molecule has 5 nitrogen and oxygen atoms in total. The number of benzene rings is 1. The molecular weight excluding hydrogens is 252 g/mol. The molecule has 0 spiro atoms. The van der Waals surface area contributed by atoms with Crippen LogP contribution in [0.3, 0.4) is 0 Å². The van der Waals surface area contributed by atoms with E-state index in [-0.39, 0.29) is 17.5 Å². The summed E-state index contributed by atoms with van der Waals surface area (Å²) >= 11 is 4.90. The molecule has 1 atom stereocenters. The minimum Gasteiger partial charge on any atom is -0.497 e. The first-order chi connectivity index (χ1) is 8.43. The summed E-state index contributed by atoms with van der Waals surface area (Å²) in [6.07, 6.45) is 0. The molecule has 1 rings (SSSR count). The third-order valence-corrected chi connectivity index (χ3v) is 2.62. The molecule has 1 amide bonds. The average molecular weight is 268 g/mol. The Hall–Kier alpha value is -1.82. The fourth-order valence-electron chi connectivity index (χ4n) is 1.22. The van der Waals surface area contributed by atoms with Crippen LogP contribution in [0, 0.1) is 5.92 Å². The van der Waals surface area contributed by atoms with Gasteiger partial charge in [0.1, 0.15) is 16.5 Å². The van der Waals surface area contributed by atoms with Crippen LogP contribution in [-0.2, 0) is 4.79 Å². The van der Waals surface area contributed by atoms with Crippen molar-refractivity contribution in [3.05, 3.63) is 23.8 Å². The molecule has 98 valence electrons. The predicted octanol–water partition coefficient (Wildman–Crippen LogP) is 0.830. The molecular formula is C12H16N2O3S. The number of carbonyl (C=O) groups excluding carboxylic acids is 1. The predicted molar refractivity (Wildman–Crippen MR) is 72.7 cm³/mol. The molecule has 6 heteroatoms. The maximum absolute atomic E-state index is 10.9. The third kappa shape index (κ3) is 3.89. The van der Waals surface area contributed by atoms with E-state index >= 15 is 0 Å². The monoisotopic (exact) mass is 268 g/mol. The van der Waals surface area contributed by atoms with Gasteiger partial charge in [-0.15, -0.1) is 0 Å². The number of carbonyl (C=O) groups is 1. The first-order valence-corrected chi connectivity index (χ1v) is 5.76. The van der Waals surface area contributed by atoms with E-state index in [2.05, 4.69) is 0 Å². The van der Waals surface area contributed by atoms with E-state index in [0.29, 0.717) is 17.1 Å². The van der Waals surface area contributed by atoms with E-state index in [0.717, 1.165) is 0 Å². The fourth-order valence-corrected chi connectivity index (χ4v) is 1.34. The van der Waals surface area contributed by atoms with Gasteiger partial charge in [-0.1, -0.05) is 19.1 Å². The highest BCUT2D eigenvalue weighted by Gasteiger charge is 2.10. The maximum Gasteiger partial charge on any atom is 0.223 e. The van der Waals surface area contributed by atoms with Gasteiger partial charge in [-0.3, -0.25) is 4.79 Å². The normalized spacial score (nSPS) is 11.7. The summed E-state index contributed by atoms with van der Waals surface area (Å²) < 4.78 is 10.6. The molecule has 0 bridgehead atoms. The summed E-state index contributed by atoms with van der Waals surface area (Å²) in [4.78, 5) is 11.1. The van der Waals surface area contributed by atoms with E-state index in [4.69, 9.17) is 33.2 Å². The van der Waals surface area contributed by atoms with Crippen molar-refractivity contribution >= 4 is 23.1 Å². The molecule has 0 aliphatic carbocycles. The van der Waals surface area contributed by atoms with Gasteiger partial charge in [-0.25, -0.2) is 0 Å². The molecule has 0 heterocycles.